The van der Waals surface area contributed by atoms with Gasteiger partial charge in [0.1, 0.15) is 6.04 Å². The molecule has 0 aliphatic rings. The molecular formula is C22H23N3O2S. The first-order valence-electron chi connectivity index (χ1n) is 9.02. The van der Waals surface area contributed by atoms with Crippen LogP contribution in [0.15, 0.2) is 72.1 Å². The lowest BCUT2D eigenvalue weighted by Crippen LogP contribution is -2.45. The highest BCUT2D eigenvalue weighted by atomic mass is 32.1. The van der Waals surface area contributed by atoms with Gasteiger partial charge in [-0.3, -0.25) is 15.4 Å². The number of rotatable bonds is 6. The Morgan fingerprint density at radius 1 is 0.893 bits per heavy atom. The fourth-order valence-electron chi connectivity index (χ4n) is 2.94. The van der Waals surface area contributed by atoms with Gasteiger partial charge in [-0.2, -0.15) is 0 Å². The molecule has 3 amide bonds. The van der Waals surface area contributed by atoms with Crippen molar-refractivity contribution in [2.24, 2.45) is 0 Å². The summed E-state index contributed by atoms with van der Waals surface area (Å²) in [5.74, 6) is -0.404. The Morgan fingerprint density at radius 3 is 2.21 bits per heavy atom. The van der Waals surface area contributed by atoms with E-state index in [1.54, 1.807) is 11.3 Å². The topological polar surface area (TPSA) is 70.2 Å². The van der Waals surface area contributed by atoms with Gasteiger partial charge in [-0.1, -0.05) is 66.2 Å². The Kier molecular flexibility index (Phi) is 6.57. The van der Waals surface area contributed by atoms with Crippen molar-refractivity contribution >= 4 is 23.3 Å². The molecule has 3 aromatic rings. The van der Waals surface area contributed by atoms with Crippen LogP contribution in [0.5, 0.6) is 0 Å². The highest BCUT2D eigenvalue weighted by molar-refractivity contribution is 7.10. The molecule has 0 saturated carbocycles. The number of carbonyl (C=O) groups excluding carboxylic acids is 2. The third kappa shape index (κ3) is 4.85. The van der Waals surface area contributed by atoms with Gasteiger partial charge in [-0.15, -0.1) is 11.3 Å². The molecule has 0 unspecified atom stereocenters. The van der Waals surface area contributed by atoms with Gasteiger partial charge >= 0.3 is 6.03 Å². The van der Waals surface area contributed by atoms with Crippen molar-refractivity contribution in [1.29, 1.82) is 0 Å². The van der Waals surface area contributed by atoms with E-state index in [2.05, 4.69) is 40.2 Å². The number of benzene rings is 2. The molecule has 2 aromatic carbocycles. The predicted octanol–water partition coefficient (Wildman–Crippen LogP) is 3.93. The number of nitrogens with one attached hydrogen (secondary N) is 3. The molecule has 3 rings (SSSR count). The molecule has 0 fully saturated rings. The number of aryl methyl sites for hydroxylation is 1. The Morgan fingerprint density at radius 2 is 1.61 bits per heavy atom. The van der Waals surface area contributed by atoms with Gasteiger partial charge < -0.3 is 5.32 Å². The van der Waals surface area contributed by atoms with E-state index in [-0.39, 0.29) is 6.04 Å². The lowest BCUT2D eigenvalue weighted by molar-refractivity contribution is -0.122. The van der Waals surface area contributed by atoms with Gasteiger partial charge in [0.15, 0.2) is 0 Å². The van der Waals surface area contributed by atoms with Gasteiger partial charge in [0.05, 0.1) is 6.04 Å². The summed E-state index contributed by atoms with van der Waals surface area (Å²) >= 11 is 1.62. The lowest BCUT2D eigenvalue weighted by Gasteiger charge is -2.25. The molecule has 3 N–H and O–H groups in total. The Labute approximate surface area is 168 Å². The summed E-state index contributed by atoms with van der Waals surface area (Å²) in [7, 11) is 1.48. The normalized spacial score (nSPS) is 12.8. The van der Waals surface area contributed by atoms with Crippen LogP contribution in [0, 0.1) is 6.92 Å². The number of amides is 3. The summed E-state index contributed by atoms with van der Waals surface area (Å²) in [5, 5.41) is 10.3. The largest absolute Gasteiger partial charge is 0.341 e. The lowest BCUT2D eigenvalue weighted by atomic mass is 9.99. The van der Waals surface area contributed by atoms with Gasteiger partial charge in [0, 0.05) is 11.9 Å². The molecule has 144 valence electrons. The fraction of sp³-hybridized carbons (Fsp3) is 0.182. The minimum atomic E-state index is -0.688. The summed E-state index contributed by atoms with van der Waals surface area (Å²) in [6, 6.07) is 20.3. The molecule has 0 saturated heterocycles. The van der Waals surface area contributed by atoms with E-state index in [1.165, 1.54) is 12.6 Å². The van der Waals surface area contributed by atoms with E-state index in [4.69, 9.17) is 0 Å². The zero-order valence-corrected chi connectivity index (χ0v) is 16.6. The summed E-state index contributed by atoms with van der Waals surface area (Å²) in [4.78, 5) is 25.7. The van der Waals surface area contributed by atoms with Crippen molar-refractivity contribution in [3.05, 3.63) is 93.7 Å². The zero-order valence-electron chi connectivity index (χ0n) is 15.8. The van der Waals surface area contributed by atoms with Gasteiger partial charge in [-0.25, -0.2) is 4.79 Å². The van der Waals surface area contributed by atoms with E-state index in [9.17, 15) is 9.59 Å². The minimum absolute atomic E-state index is 0.179. The summed E-state index contributed by atoms with van der Waals surface area (Å²) in [5.41, 5.74) is 3.02. The third-order valence-corrected chi connectivity index (χ3v) is 5.37. The monoisotopic (exact) mass is 393 g/mol. The van der Waals surface area contributed by atoms with Crippen LogP contribution >= 0.6 is 11.3 Å². The quantitative estimate of drug-likeness (QED) is 0.594. The van der Waals surface area contributed by atoms with Gasteiger partial charge in [-0.05, 0) is 29.5 Å². The van der Waals surface area contributed by atoms with Gasteiger partial charge in [0.2, 0.25) is 5.91 Å². The maximum atomic E-state index is 12.9. The number of urea groups is 1. The number of thiophene rings is 1. The Bertz CT molecular complexity index is 909. The van der Waals surface area contributed by atoms with E-state index < -0.39 is 18.0 Å². The first-order valence-corrected chi connectivity index (χ1v) is 9.90. The zero-order chi connectivity index (χ0) is 19.9. The first kappa shape index (κ1) is 19.8. The van der Waals surface area contributed by atoms with E-state index in [0.29, 0.717) is 0 Å². The number of carbonyl (C=O) groups is 2. The SMILES string of the molecule is CNC(=O)NC(=O)[C@@H](N[C@@H](c1ccc(C)cc1)c1cccs1)c1ccccc1. The molecule has 0 aliphatic heterocycles. The summed E-state index contributed by atoms with van der Waals surface area (Å²) in [6.45, 7) is 2.04. The van der Waals surface area contributed by atoms with E-state index >= 15 is 0 Å². The molecule has 28 heavy (non-hydrogen) atoms. The molecule has 0 radical (unpaired) electrons. The molecule has 0 aliphatic carbocycles. The molecule has 2 atom stereocenters. The van der Waals surface area contributed by atoms with Crippen LogP contribution in [0.3, 0.4) is 0 Å². The molecule has 0 bridgehead atoms. The van der Waals surface area contributed by atoms with Crippen molar-refractivity contribution in [2.75, 3.05) is 7.05 Å². The van der Waals surface area contributed by atoms with E-state index in [1.807, 2.05) is 54.8 Å². The average Bonchev–Trinajstić information content (AvgIpc) is 3.24. The predicted molar refractivity (Wildman–Crippen MR) is 112 cm³/mol. The number of hydrogen-bond acceptors (Lipinski definition) is 4. The van der Waals surface area contributed by atoms with Crippen molar-refractivity contribution in [2.45, 2.75) is 19.0 Å². The standard InChI is InChI=1S/C22H23N3O2S/c1-15-10-12-17(13-11-15)19(18-9-6-14-28-18)24-20(16-7-4-3-5-8-16)21(26)25-22(27)23-2/h3-14,19-20,24H,1-2H3,(H2,23,25,26,27)/t19-,20-/m0/s1. The molecule has 1 aromatic heterocycles. The molecule has 5 nitrogen and oxygen atoms in total. The molecule has 1 heterocycles. The van der Waals surface area contributed by atoms with Crippen LogP contribution < -0.4 is 16.0 Å². The fourth-order valence-corrected chi connectivity index (χ4v) is 3.75. The maximum absolute atomic E-state index is 12.9. The maximum Gasteiger partial charge on any atom is 0.321 e. The van der Waals surface area contributed by atoms with Crippen molar-refractivity contribution in [3.63, 3.8) is 0 Å². The van der Waals surface area contributed by atoms with Crippen LogP contribution in [-0.4, -0.2) is 19.0 Å². The Balaban J connectivity index is 1.96. The second-order valence-corrected chi connectivity index (χ2v) is 7.42. The summed E-state index contributed by atoms with van der Waals surface area (Å²) in [6.07, 6.45) is 0. The Hall–Kier alpha value is -2.96. The van der Waals surface area contributed by atoms with Crippen molar-refractivity contribution in [3.8, 4) is 0 Å². The smallest absolute Gasteiger partial charge is 0.321 e. The summed E-state index contributed by atoms with van der Waals surface area (Å²) < 4.78 is 0. The van der Waals surface area contributed by atoms with Crippen molar-refractivity contribution < 1.29 is 9.59 Å². The van der Waals surface area contributed by atoms with Crippen molar-refractivity contribution in [1.82, 2.24) is 16.0 Å². The van der Waals surface area contributed by atoms with Crippen LogP contribution in [0.2, 0.25) is 0 Å². The minimum Gasteiger partial charge on any atom is -0.341 e. The molecular weight excluding hydrogens is 370 g/mol. The van der Waals surface area contributed by atoms with Gasteiger partial charge in [0.25, 0.3) is 0 Å². The highest BCUT2D eigenvalue weighted by Crippen LogP contribution is 2.29. The molecule has 0 spiro atoms. The molecule has 6 heteroatoms. The van der Waals surface area contributed by atoms with Crippen LogP contribution in [0.4, 0.5) is 4.79 Å². The third-order valence-electron chi connectivity index (χ3n) is 4.43. The van der Waals surface area contributed by atoms with Crippen LogP contribution in [-0.2, 0) is 4.79 Å². The number of imide groups is 1. The highest BCUT2D eigenvalue weighted by Gasteiger charge is 2.27. The van der Waals surface area contributed by atoms with Crippen LogP contribution in [0.1, 0.15) is 33.7 Å². The second-order valence-electron chi connectivity index (χ2n) is 6.44. The average molecular weight is 394 g/mol. The second kappa shape index (κ2) is 9.30. The van der Waals surface area contributed by atoms with Crippen LogP contribution in [0.25, 0.3) is 0 Å². The number of hydrogen-bond donors (Lipinski definition) is 3. The van der Waals surface area contributed by atoms with E-state index in [0.717, 1.165) is 16.0 Å². The first-order chi connectivity index (χ1) is 13.6.